The van der Waals surface area contributed by atoms with E-state index in [-0.39, 0.29) is 6.61 Å². The van der Waals surface area contributed by atoms with Gasteiger partial charge in [-0.15, -0.1) is 0 Å². The first-order chi connectivity index (χ1) is 5.35. The van der Waals surface area contributed by atoms with E-state index >= 15 is 0 Å². The second kappa shape index (κ2) is 7.73. The smallest absolute Gasteiger partial charge is 0.145 e. The lowest BCUT2D eigenvalue weighted by atomic mass is 10.1. The molecule has 0 rings (SSSR count). The quantitative estimate of drug-likeness (QED) is 0.531. The van der Waals surface area contributed by atoms with Gasteiger partial charge in [-0.2, -0.15) is 0 Å². The predicted molar refractivity (Wildman–Crippen MR) is 45.6 cm³/mol. The van der Waals surface area contributed by atoms with Crippen molar-refractivity contribution in [1.29, 1.82) is 0 Å². The molecular weight excluding hydrogens is 140 g/mol. The summed E-state index contributed by atoms with van der Waals surface area (Å²) in [5.74, 6) is 0. The third kappa shape index (κ3) is 6.05. The topological polar surface area (TPSA) is 26.3 Å². The maximum Gasteiger partial charge on any atom is 0.145 e. The highest BCUT2D eigenvalue weighted by atomic mass is 16.5. The second-order valence-corrected chi connectivity index (χ2v) is 2.70. The van der Waals surface area contributed by atoms with Crippen molar-refractivity contribution in [3.8, 4) is 0 Å². The lowest BCUT2D eigenvalue weighted by Crippen LogP contribution is -2.13. The highest BCUT2D eigenvalue weighted by Crippen LogP contribution is 2.08. The van der Waals surface area contributed by atoms with Gasteiger partial charge in [-0.25, -0.2) is 0 Å². The third-order valence-electron chi connectivity index (χ3n) is 1.62. The zero-order valence-corrected chi connectivity index (χ0v) is 7.51. The summed E-state index contributed by atoms with van der Waals surface area (Å²) in [5, 5.41) is 0. The molecule has 0 N–H and O–H groups in total. The summed E-state index contributed by atoms with van der Waals surface area (Å²) in [4.78, 5) is 9.99. The van der Waals surface area contributed by atoms with Crippen LogP contribution >= 0.6 is 0 Å². The highest BCUT2D eigenvalue weighted by molar-refractivity contribution is 5.50. The van der Waals surface area contributed by atoms with Crippen LogP contribution in [-0.2, 0) is 9.53 Å². The van der Waals surface area contributed by atoms with Crippen LogP contribution < -0.4 is 0 Å². The lowest BCUT2D eigenvalue weighted by Gasteiger charge is -2.13. The van der Waals surface area contributed by atoms with E-state index in [0.717, 1.165) is 32.0 Å². The molecule has 2 heteroatoms. The molecule has 0 saturated heterocycles. The van der Waals surface area contributed by atoms with Gasteiger partial charge >= 0.3 is 0 Å². The highest BCUT2D eigenvalue weighted by Gasteiger charge is 2.04. The van der Waals surface area contributed by atoms with Crippen LogP contribution in [0, 0.1) is 0 Å². The fourth-order valence-corrected chi connectivity index (χ4v) is 1.13. The monoisotopic (exact) mass is 158 g/mol. The lowest BCUT2D eigenvalue weighted by molar-refractivity contribution is -0.114. The SMILES string of the molecule is CCCC(CCC)OCC=O. The summed E-state index contributed by atoms with van der Waals surface area (Å²) in [6.45, 7) is 4.52. The van der Waals surface area contributed by atoms with Crippen molar-refractivity contribution >= 4 is 6.29 Å². The molecule has 0 radical (unpaired) electrons. The minimum atomic E-state index is 0.255. The molecule has 0 aliphatic carbocycles. The predicted octanol–water partition coefficient (Wildman–Crippen LogP) is 2.17. The Kier molecular flexibility index (Phi) is 7.47. The van der Waals surface area contributed by atoms with Crippen LogP contribution in [0.1, 0.15) is 39.5 Å². The number of carbonyl (C=O) groups excluding carboxylic acids is 1. The largest absolute Gasteiger partial charge is 0.371 e. The molecule has 0 amide bonds. The molecule has 0 unspecified atom stereocenters. The molecular formula is C9H18O2. The molecule has 0 spiro atoms. The summed E-state index contributed by atoms with van der Waals surface area (Å²) in [7, 11) is 0. The first-order valence-electron chi connectivity index (χ1n) is 4.40. The molecule has 0 heterocycles. The Bertz CT molecular complexity index is 85.6. The first-order valence-corrected chi connectivity index (χ1v) is 4.40. The zero-order valence-electron chi connectivity index (χ0n) is 7.51. The van der Waals surface area contributed by atoms with Crippen LogP contribution in [0.2, 0.25) is 0 Å². The summed E-state index contributed by atoms with van der Waals surface area (Å²) in [6, 6.07) is 0. The van der Waals surface area contributed by atoms with E-state index in [1.807, 2.05) is 0 Å². The van der Waals surface area contributed by atoms with Crippen molar-refractivity contribution in [1.82, 2.24) is 0 Å². The number of carbonyl (C=O) groups is 1. The fraction of sp³-hybridized carbons (Fsp3) is 0.889. The van der Waals surface area contributed by atoms with Crippen molar-refractivity contribution in [2.24, 2.45) is 0 Å². The van der Waals surface area contributed by atoms with E-state index < -0.39 is 0 Å². The maximum absolute atomic E-state index is 9.99. The average Bonchev–Trinajstić information content (AvgIpc) is 2.01. The molecule has 0 aliphatic heterocycles. The Morgan fingerprint density at radius 1 is 1.27 bits per heavy atom. The van der Waals surface area contributed by atoms with Crippen LogP contribution in [0.15, 0.2) is 0 Å². The van der Waals surface area contributed by atoms with Crippen molar-refractivity contribution < 1.29 is 9.53 Å². The standard InChI is InChI=1S/C9H18O2/c1-3-5-9(6-4-2)11-8-7-10/h7,9H,3-6,8H2,1-2H3. The number of aldehydes is 1. The van der Waals surface area contributed by atoms with Gasteiger partial charge in [0.2, 0.25) is 0 Å². The molecule has 0 aromatic rings. The van der Waals surface area contributed by atoms with Gasteiger partial charge in [-0.3, -0.25) is 0 Å². The number of ether oxygens (including phenoxy) is 1. The molecule has 0 fully saturated rings. The Hall–Kier alpha value is -0.370. The van der Waals surface area contributed by atoms with Crippen molar-refractivity contribution in [2.45, 2.75) is 45.6 Å². The first kappa shape index (κ1) is 10.6. The third-order valence-corrected chi connectivity index (χ3v) is 1.62. The number of rotatable bonds is 7. The van der Waals surface area contributed by atoms with Gasteiger partial charge in [-0.05, 0) is 12.8 Å². The Morgan fingerprint density at radius 3 is 2.18 bits per heavy atom. The van der Waals surface area contributed by atoms with Gasteiger partial charge in [0.15, 0.2) is 0 Å². The van der Waals surface area contributed by atoms with E-state index in [2.05, 4.69) is 13.8 Å². The van der Waals surface area contributed by atoms with Gasteiger partial charge in [0, 0.05) is 0 Å². The van der Waals surface area contributed by atoms with Crippen LogP contribution in [0.5, 0.6) is 0 Å². The van der Waals surface area contributed by atoms with Gasteiger partial charge in [0.1, 0.15) is 12.9 Å². The van der Waals surface area contributed by atoms with Crippen molar-refractivity contribution in [3.05, 3.63) is 0 Å². The van der Waals surface area contributed by atoms with Crippen LogP contribution in [0.25, 0.3) is 0 Å². The molecule has 2 nitrogen and oxygen atoms in total. The molecule has 0 aliphatic rings. The summed E-state index contributed by atoms with van der Waals surface area (Å²) in [6.07, 6.45) is 5.52. The molecule has 0 saturated carbocycles. The van der Waals surface area contributed by atoms with E-state index in [1.54, 1.807) is 0 Å². The number of hydrogen-bond donors (Lipinski definition) is 0. The molecule has 66 valence electrons. The second-order valence-electron chi connectivity index (χ2n) is 2.70. The molecule has 0 aromatic carbocycles. The molecule has 0 aromatic heterocycles. The van der Waals surface area contributed by atoms with E-state index in [0.29, 0.717) is 6.10 Å². The average molecular weight is 158 g/mol. The normalized spacial score (nSPS) is 10.5. The van der Waals surface area contributed by atoms with Crippen molar-refractivity contribution in [2.75, 3.05) is 6.61 Å². The fourth-order valence-electron chi connectivity index (χ4n) is 1.13. The van der Waals surface area contributed by atoms with Crippen molar-refractivity contribution in [3.63, 3.8) is 0 Å². The van der Waals surface area contributed by atoms with E-state index in [1.165, 1.54) is 0 Å². The summed E-state index contributed by atoms with van der Waals surface area (Å²) < 4.78 is 5.30. The van der Waals surface area contributed by atoms with Crippen LogP contribution in [0.4, 0.5) is 0 Å². The molecule has 11 heavy (non-hydrogen) atoms. The Morgan fingerprint density at radius 2 is 1.82 bits per heavy atom. The minimum Gasteiger partial charge on any atom is -0.371 e. The zero-order chi connectivity index (χ0) is 8.53. The summed E-state index contributed by atoms with van der Waals surface area (Å²) in [5.41, 5.74) is 0. The van der Waals surface area contributed by atoms with E-state index in [9.17, 15) is 4.79 Å². The molecule has 0 atom stereocenters. The Labute approximate surface area is 68.9 Å². The van der Waals surface area contributed by atoms with Gasteiger partial charge in [-0.1, -0.05) is 26.7 Å². The Balaban J connectivity index is 3.41. The maximum atomic E-state index is 9.99. The minimum absolute atomic E-state index is 0.255. The summed E-state index contributed by atoms with van der Waals surface area (Å²) >= 11 is 0. The van der Waals surface area contributed by atoms with Gasteiger partial charge < -0.3 is 9.53 Å². The van der Waals surface area contributed by atoms with Crippen LogP contribution in [0.3, 0.4) is 0 Å². The van der Waals surface area contributed by atoms with Gasteiger partial charge in [0.25, 0.3) is 0 Å². The number of hydrogen-bond acceptors (Lipinski definition) is 2. The van der Waals surface area contributed by atoms with Gasteiger partial charge in [0.05, 0.1) is 6.10 Å². The van der Waals surface area contributed by atoms with E-state index in [4.69, 9.17) is 4.74 Å². The molecule has 0 bridgehead atoms. The van der Waals surface area contributed by atoms with Crippen LogP contribution in [-0.4, -0.2) is 19.0 Å².